The molecule has 3 aromatic rings. The minimum Gasteiger partial charge on any atom is -0.429 e. The van der Waals surface area contributed by atoms with E-state index in [0.29, 0.717) is 30.2 Å². The van der Waals surface area contributed by atoms with Gasteiger partial charge in [-0.2, -0.15) is 8.78 Å². The molecule has 3 aromatic carbocycles. The molecule has 2 saturated carbocycles. The molecule has 47 heavy (non-hydrogen) atoms. The van der Waals surface area contributed by atoms with Gasteiger partial charge in [0.25, 0.3) is 0 Å². The number of rotatable bonds is 12. The summed E-state index contributed by atoms with van der Waals surface area (Å²) in [5.74, 6) is -5.40. The maximum atomic E-state index is 15.3. The van der Waals surface area contributed by atoms with Crippen LogP contribution in [0, 0.1) is 46.8 Å². The molecule has 0 N–H and O–H groups in total. The third kappa shape index (κ3) is 8.32. The molecule has 256 valence electrons. The zero-order chi connectivity index (χ0) is 33.7. The second-order valence-electron chi connectivity index (χ2n) is 13.4. The Bertz CT molecular complexity index is 1460. The van der Waals surface area contributed by atoms with Gasteiger partial charge in [0.15, 0.2) is 0 Å². The maximum absolute atomic E-state index is 15.3. The molecule has 0 aliphatic heterocycles. The minimum absolute atomic E-state index is 0.153. The normalized spacial score (nSPS) is 22.0. The monoisotopic (exact) mass is 666 g/mol. The number of benzene rings is 3. The van der Waals surface area contributed by atoms with E-state index in [4.69, 9.17) is 0 Å². The van der Waals surface area contributed by atoms with Crippen LogP contribution in [0.25, 0.3) is 11.1 Å². The highest BCUT2D eigenvalue weighted by molar-refractivity contribution is 5.65. The van der Waals surface area contributed by atoms with Gasteiger partial charge >= 0.3 is 6.11 Å². The first kappa shape index (κ1) is 35.2. The van der Waals surface area contributed by atoms with E-state index in [-0.39, 0.29) is 17.0 Å². The molecule has 0 heterocycles. The van der Waals surface area contributed by atoms with Gasteiger partial charge in [-0.25, -0.2) is 22.0 Å². The van der Waals surface area contributed by atoms with E-state index in [1.54, 1.807) is 6.07 Å². The fourth-order valence-corrected chi connectivity index (χ4v) is 7.75. The summed E-state index contributed by atoms with van der Waals surface area (Å²) in [6.45, 7) is 1.15. The standard InChI is InChI=1S/C38H42F8O/c1-2-3-4-5-23-6-8-24(9-7-23)25-10-12-26(13-11-25)27-14-15-30(32(40)18-27)28-19-35(43)37(36(44)20-28)38(45,46)47-29-21-33(41)31(16-17-39)34(42)22-29/h14-15,18-26H,2-13,16-17H2,1H3. The van der Waals surface area contributed by atoms with E-state index < -0.39 is 65.2 Å². The zero-order valence-electron chi connectivity index (χ0n) is 26.7. The van der Waals surface area contributed by atoms with Crippen molar-refractivity contribution < 1.29 is 39.9 Å². The Labute approximate surface area is 271 Å². The number of ether oxygens (including phenoxy) is 1. The smallest absolute Gasteiger partial charge is 0.429 e. The molecule has 0 amide bonds. The van der Waals surface area contributed by atoms with Gasteiger partial charge in [-0.05, 0) is 91.5 Å². The van der Waals surface area contributed by atoms with Crippen LogP contribution in [0.2, 0.25) is 0 Å². The summed E-state index contributed by atoms with van der Waals surface area (Å²) in [5.41, 5.74) is -2.10. The Balaban J connectivity index is 1.22. The Kier molecular flexibility index (Phi) is 11.5. The predicted octanol–water partition coefficient (Wildman–Crippen LogP) is 12.3. The molecular weight excluding hydrogens is 624 g/mol. The lowest BCUT2D eigenvalue weighted by atomic mass is 9.68. The average molecular weight is 667 g/mol. The maximum Gasteiger partial charge on any atom is 0.432 e. The first-order valence-electron chi connectivity index (χ1n) is 16.9. The van der Waals surface area contributed by atoms with Gasteiger partial charge in [0.1, 0.15) is 40.4 Å². The molecule has 2 fully saturated rings. The third-order valence-electron chi connectivity index (χ3n) is 10.4. The summed E-state index contributed by atoms with van der Waals surface area (Å²) in [5, 5.41) is 0. The quantitative estimate of drug-likeness (QED) is 0.138. The summed E-state index contributed by atoms with van der Waals surface area (Å²) < 4.78 is 120. The van der Waals surface area contributed by atoms with Crippen molar-refractivity contribution in [3.63, 3.8) is 0 Å². The fourth-order valence-electron chi connectivity index (χ4n) is 7.75. The average Bonchev–Trinajstić information content (AvgIpc) is 3.02. The molecule has 1 nitrogen and oxygen atoms in total. The number of hydrogen-bond acceptors (Lipinski definition) is 1. The molecule has 0 atom stereocenters. The largest absolute Gasteiger partial charge is 0.432 e. The lowest BCUT2D eigenvalue weighted by molar-refractivity contribution is -0.189. The van der Waals surface area contributed by atoms with Crippen LogP contribution >= 0.6 is 0 Å². The van der Waals surface area contributed by atoms with Gasteiger partial charge in [0, 0.05) is 29.7 Å². The van der Waals surface area contributed by atoms with Crippen molar-refractivity contribution in [2.24, 2.45) is 17.8 Å². The Morgan fingerprint density at radius 2 is 1.30 bits per heavy atom. The Hall–Kier alpha value is -3.10. The van der Waals surface area contributed by atoms with E-state index in [1.807, 2.05) is 0 Å². The molecular formula is C38H42F8O. The van der Waals surface area contributed by atoms with Gasteiger partial charge in [-0.15, -0.1) is 0 Å². The highest BCUT2D eigenvalue weighted by atomic mass is 19.3. The van der Waals surface area contributed by atoms with E-state index in [2.05, 4.69) is 11.7 Å². The molecule has 5 rings (SSSR count). The van der Waals surface area contributed by atoms with E-state index >= 15 is 4.39 Å². The number of alkyl halides is 3. The number of hydrogen-bond donors (Lipinski definition) is 0. The number of unbranched alkanes of at least 4 members (excludes halogenated alkanes) is 2. The lowest BCUT2D eigenvalue weighted by Gasteiger charge is -2.38. The van der Waals surface area contributed by atoms with Crippen molar-refractivity contribution >= 4 is 0 Å². The molecule has 0 unspecified atom stereocenters. The van der Waals surface area contributed by atoms with Crippen LogP contribution < -0.4 is 4.74 Å². The molecule has 0 saturated heterocycles. The van der Waals surface area contributed by atoms with Crippen molar-refractivity contribution in [1.29, 1.82) is 0 Å². The highest BCUT2D eigenvalue weighted by Gasteiger charge is 2.42. The first-order valence-corrected chi connectivity index (χ1v) is 16.9. The molecule has 0 radical (unpaired) electrons. The molecule has 2 aliphatic carbocycles. The topological polar surface area (TPSA) is 9.23 Å². The van der Waals surface area contributed by atoms with Crippen molar-refractivity contribution in [3.05, 3.63) is 88.2 Å². The van der Waals surface area contributed by atoms with Crippen LogP contribution in [0.5, 0.6) is 5.75 Å². The van der Waals surface area contributed by atoms with Crippen molar-refractivity contribution in [1.82, 2.24) is 0 Å². The molecule has 2 aliphatic rings. The van der Waals surface area contributed by atoms with Crippen LogP contribution in [0.3, 0.4) is 0 Å². The lowest BCUT2D eigenvalue weighted by Crippen LogP contribution is -2.25. The summed E-state index contributed by atoms with van der Waals surface area (Å²) in [6, 6.07) is 6.41. The van der Waals surface area contributed by atoms with Crippen LogP contribution in [0.15, 0.2) is 42.5 Å². The van der Waals surface area contributed by atoms with Gasteiger partial charge in [-0.3, -0.25) is 4.39 Å². The van der Waals surface area contributed by atoms with Crippen LogP contribution in [0.4, 0.5) is 35.1 Å². The van der Waals surface area contributed by atoms with Crippen molar-refractivity contribution in [3.8, 4) is 16.9 Å². The first-order chi connectivity index (χ1) is 22.5. The van der Waals surface area contributed by atoms with Gasteiger partial charge in [0.2, 0.25) is 0 Å². The number of halogens is 8. The van der Waals surface area contributed by atoms with E-state index in [0.717, 1.165) is 43.1 Å². The Morgan fingerprint density at radius 1 is 0.702 bits per heavy atom. The van der Waals surface area contributed by atoms with Gasteiger partial charge < -0.3 is 4.74 Å². The van der Waals surface area contributed by atoms with Crippen LogP contribution in [-0.2, 0) is 12.5 Å². The van der Waals surface area contributed by atoms with Crippen molar-refractivity contribution in [2.75, 3.05) is 6.67 Å². The molecule has 0 aromatic heterocycles. The van der Waals surface area contributed by atoms with Crippen LogP contribution in [0.1, 0.15) is 107 Å². The second-order valence-corrected chi connectivity index (χ2v) is 13.4. The molecule has 0 spiro atoms. The highest BCUT2D eigenvalue weighted by Crippen LogP contribution is 2.45. The zero-order valence-corrected chi connectivity index (χ0v) is 26.7. The fraction of sp³-hybridized carbons (Fsp3) is 0.526. The summed E-state index contributed by atoms with van der Waals surface area (Å²) >= 11 is 0. The molecule has 9 heteroatoms. The van der Waals surface area contributed by atoms with Crippen molar-refractivity contribution in [2.45, 2.75) is 102 Å². The van der Waals surface area contributed by atoms with E-state index in [9.17, 15) is 30.7 Å². The second kappa shape index (κ2) is 15.4. The molecule has 0 bridgehead atoms. The Morgan fingerprint density at radius 3 is 1.85 bits per heavy atom. The summed E-state index contributed by atoms with van der Waals surface area (Å²) in [6.07, 6.45) is 9.26. The summed E-state index contributed by atoms with van der Waals surface area (Å²) in [4.78, 5) is 0. The van der Waals surface area contributed by atoms with Gasteiger partial charge in [-0.1, -0.05) is 57.6 Å². The van der Waals surface area contributed by atoms with Gasteiger partial charge in [0.05, 0.1) is 6.67 Å². The SMILES string of the molecule is CCCCCC1CCC(C2CCC(c3ccc(-c4cc(F)c(C(F)(F)Oc5cc(F)c(CCF)c(F)c5)c(F)c4)c(F)c3)CC2)CC1. The van der Waals surface area contributed by atoms with E-state index in [1.165, 1.54) is 63.5 Å². The predicted molar refractivity (Wildman–Crippen MR) is 167 cm³/mol. The third-order valence-corrected chi connectivity index (χ3v) is 10.4. The summed E-state index contributed by atoms with van der Waals surface area (Å²) in [7, 11) is 0. The van der Waals surface area contributed by atoms with Crippen LogP contribution in [-0.4, -0.2) is 6.67 Å². The minimum atomic E-state index is -4.68.